The van der Waals surface area contributed by atoms with E-state index in [4.69, 9.17) is 15.6 Å². The molecule has 0 bridgehead atoms. The first-order valence-electron chi connectivity index (χ1n) is 9.43. The lowest BCUT2D eigenvalue weighted by Crippen LogP contribution is -2.52. The van der Waals surface area contributed by atoms with E-state index in [2.05, 4.69) is 17.2 Å². The molecule has 0 aliphatic rings. The molecule has 0 heterocycles. The van der Waals surface area contributed by atoms with Crippen molar-refractivity contribution in [3.05, 3.63) is 70.8 Å². The summed E-state index contributed by atoms with van der Waals surface area (Å²) in [7, 11) is 0. The maximum Gasteiger partial charge on any atom is 0.251 e. The summed E-state index contributed by atoms with van der Waals surface area (Å²) < 4.78 is 5.37. The third-order valence-corrected chi connectivity index (χ3v) is 4.24. The molecule has 4 N–H and O–H groups in total. The van der Waals surface area contributed by atoms with Gasteiger partial charge >= 0.3 is 0 Å². The predicted molar refractivity (Wildman–Crippen MR) is 111 cm³/mol. The minimum absolute atomic E-state index is 0.382. The molecule has 0 saturated heterocycles. The van der Waals surface area contributed by atoms with Crippen molar-refractivity contribution >= 4 is 11.7 Å². The highest BCUT2D eigenvalue weighted by molar-refractivity contribution is 5.98. The molecule has 0 unspecified atom stereocenters. The van der Waals surface area contributed by atoms with Crippen LogP contribution < -0.4 is 11.1 Å². The zero-order valence-electron chi connectivity index (χ0n) is 16.6. The largest absolute Gasteiger partial charge is 0.388 e. The van der Waals surface area contributed by atoms with Gasteiger partial charge in [0.1, 0.15) is 12.6 Å². The van der Waals surface area contributed by atoms with Gasteiger partial charge in [-0.2, -0.15) is 0 Å². The van der Waals surface area contributed by atoms with E-state index in [1.165, 1.54) is 0 Å². The predicted octanol–water partition coefficient (Wildman–Crippen LogP) is 1.63. The summed E-state index contributed by atoms with van der Waals surface area (Å²) in [5, 5.41) is 11.6. The quantitative estimate of drug-likeness (QED) is 0.591. The lowest BCUT2D eigenvalue weighted by atomic mass is 10.0. The number of benzene rings is 2. The molecule has 2 atom stereocenters. The van der Waals surface area contributed by atoms with E-state index in [-0.39, 0.29) is 0 Å². The average molecular weight is 394 g/mol. The first kappa shape index (κ1) is 22.3. The Hall–Kier alpha value is -2.98. The van der Waals surface area contributed by atoms with Gasteiger partial charge in [0.25, 0.3) is 5.91 Å². The summed E-state index contributed by atoms with van der Waals surface area (Å²) in [6.45, 7) is 4.15. The van der Waals surface area contributed by atoms with Crippen LogP contribution in [0, 0.1) is 11.8 Å². The smallest absolute Gasteiger partial charge is 0.251 e. The maximum absolute atomic E-state index is 12.3. The Kier molecular flexibility index (Phi) is 8.56. The monoisotopic (exact) mass is 394 g/mol. The van der Waals surface area contributed by atoms with E-state index in [9.17, 15) is 9.59 Å². The highest BCUT2D eigenvalue weighted by Crippen LogP contribution is 2.07. The molecule has 152 valence electrons. The van der Waals surface area contributed by atoms with Gasteiger partial charge in [-0.05, 0) is 55.8 Å². The van der Waals surface area contributed by atoms with Crippen LogP contribution in [0.15, 0.2) is 48.5 Å². The van der Waals surface area contributed by atoms with Crippen LogP contribution >= 0.6 is 0 Å². The number of rotatable bonds is 8. The number of carbonyl (C=O) groups is 2. The summed E-state index contributed by atoms with van der Waals surface area (Å²) in [6, 6.07) is 13.0. The second-order valence-corrected chi connectivity index (χ2v) is 6.60. The standard InChI is InChI=1S/C23H26N2O4/c1-3-29-15-19-8-6-17(7-9-19)4-5-18-10-12-20(13-11-18)23(28)25-22(16(2)24)21(27)14-26/h6-13,16,22,26H,3,14-15,24H2,1-2H3,(H,25,28)/t16-,22+/m1/s1. The van der Waals surface area contributed by atoms with E-state index in [0.717, 1.165) is 16.7 Å². The van der Waals surface area contributed by atoms with Crippen molar-refractivity contribution in [3.8, 4) is 11.8 Å². The number of nitrogens with one attached hydrogen (secondary N) is 1. The van der Waals surface area contributed by atoms with Gasteiger partial charge in [0.05, 0.1) is 6.61 Å². The van der Waals surface area contributed by atoms with Crippen LogP contribution in [0.3, 0.4) is 0 Å². The van der Waals surface area contributed by atoms with Crippen molar-refractivity contribution in [1.29, 1.82) is 0 Å². The molecule has 29 heavy (non-hydrogen) atoms. The Labute approximate surface area is 171 Å². The summed E-state index contributed by atoms with van der Waals surface area (Å²) in [6.07, 6.45) is 0. The van der Waals surface area contributed by atoms with Gasteiger partial charge in [0, 0.05) is 29.3 Å². The molecular formula is C23H26N2O4. The second kappa shape index (κ2) is 11.1. The summed E-state index contributed by atoms with van der Waals surface area (Å²) >= 11 is 0. The molecule has 2 aromatic rings. The SMILES string of the molecule is CCOCc1ccc(C#Cc2ccc(C(=O)N[C@H](C(=O)CO)[C@@H](C)N)cc2)cc1. The number of amides is 1. The van der Waals surface area contributed by atoms with Crippen LogP contribution in [0.2, 0.25) is 0 Å². The lowest BCUT2D eigenvalue weighted by Gasteiger charge is -2.20. The van der Waals surface area contributed by atoms with Gasteiger partial charge in [0.15, 0.2) is 5.78 Å². The molecule has 0 spiro atoms. The minimum Gasteiger partial charge on any atom is -0.388 e. The molecule has 2 aromatic carbocycles. The van der Waals surface area contributed by atoms with E-state index < -0.39 is 30.4 Å². The number of ether oxygens (including phenoxy) is 1. The van der Waals surface area contributed by atoms with E-state index in [0.29, 0.717) is 18.8 Å². The molecule has 0 fully saturated rings. The van der Waals surface area contributed by atoms with Crippen LogP contribution in [0.5, 0.6) is 0 Å². The molecule has 6 heteroatoms. The van der Waals surface area contributed by atoms with Crippen molar-refractivity contribution in [2.24, 2.45) is 5.73 Å². The summed E-state index contributed by atoms with van der Waals surface area (Å²) in [4.78, 5) is 24.0. The number of hydrogen-bond acceptors (Lipinski definition) is 5. The third kappa shape index (κ3) is 6.84. The van der Waals surface area contributed by atoms with Crippen molar-refractivity contribution in [2.75, 3.05) is 13.2 Å². The number of nitrogens with two attached hydrogens (primary N) is 1. The first-order chi connectivity index (χ1) is 13.9. The highest BCUT2D eigenvalue weighted by Gasteiger charge is 2.24. The first-order valence-corrected chi connectivity index (χ1v) is 9.43. The minimum atomic E-state index is -0.933. The highest BCUT2D eigenvalue weighted by atomic mass is 16.5. The number of Topliss-reactive ketones (excluding diaryl/α,β-unsaturated/α-hetero) is 1. The zero-order valence-corrected chi connectivity index (χ0v) is 16.6. The maximum atomic E-state index is 12.3. The van der Waals surface area contributed by atoms with Crippen LogP contribution in [0.1, 0.15) is 40.9 Å². The lowest BCUT2D eigenvalue weighted by molar-refractivity contribution is -0.123. The van der Waals surface area contributed by atoms with Crippen molar-refractivity contribution in [3.63, 3.8) is 0 Å². The van der Waals surface area contributed by atoms with Gasteiger partial charge < -0.3 is 20.9 Å². The van der Waals surface area contributed by atoms with E-state index >= 15 is 0 Å². The van der Waals surface area contributed by atoms with Gasteiger partial charge in [-0.25, -0.2) is 0 Å². The Morgan fingerprint density at radius 3 is 2.10 bits per heavy atom. The topological polar surface area (TPSA) is 102 Å². The Bertz CT molecular complexity index is 878. The van der Waals surface area contributed by atoms with E-state index in [1.807, 2.05) is 31.2 Å². The normalized spacial score (nSPS) is 12.4. The number of ketones is 1. The molecule has 0 saturated carbocycles. The van der Waals surface area contributed by atoms with Gasteiger partial charge in [0.2, 0.25) is 0 Å². The zero-order chi connectivity index (χ0) is 21.2. The average Bonchev–Trinajstić information content (AvgIpc) is 2.74. The van der Waals surface area contributed by atoms with Crippen molar-refractivity contribution in [1.82, 2.24) is 5.32 Å². The number of aliphatic hydroxyl groups excluding tert-OH is 1. The van der Waals surface area contributed by atoms with Gasteiger partial charge in [-0.3, -0.25) is 9.59 Å². The molecule has 1 amide bonds. The number of aliphatic hydroxyl groups is 1. The fraction of sp³-hybridized carbons (Fsp3) is 0.304. The van der Waals surface area contributed by atoms with Crippen molar-refractivity contribution in [2.45, 2.75) is 32.5 Å². The second-order valence-electron chi connectivity index (χ2n) is 6.60. The molecule has 0 aromatic heterocycles. The molecule has 6 nitrogen and oxygen atoms in total. The Morgan fingerprint density at radius 1 is 1.07 bits per heavy atom. The Balaban J connectivity index is 2.02. The van der Waals surface area contributed by atoms with Crippen LogP contribution in [0.4, 0.5) is 0 Å². The van der Waals surface area contributed by atoms with Crippen LogP contribution in [-0.2, 0) is 16.1 Å². The van der Waals surface area contributed by atoms with Crippen LogP contribution in [-0.4, -0.2) is 42.1 Å². The number of carbonyl (C=O) groups excluding carboxylic acids is 2. The van der Waals surface area contributed by atoms with Gasteiger partial charge in [-0.1, -0.05) is 24.0 Å². The Morgan fingerprint density at radius 2 is 1.62 bits per heavy atom. The molecule has 0 aliphatic carbocycles. The summed E-state index contributed by atoms with van der Waals surface area (Å²) in [5.74, 6) is 5.18. The van der Waals surface area contributed by atoms with Crippen molar-refractivity contribution < 1.29 is 19.4 Å². The van der Waals surface area contributed by atoms with Gasteiger partial charge in [-0.15, -0.1) is 0 Å². The summed E-state index contributed by atoms with van der Waals surface area (Å²) in [5.41, 5.74) is 8.84. The third-order valence-electron chi connectivity index (χ3n) is 4.24. The molecule has 0 aliphatic heterocycles. The fourth-order valence-corrected chi connectivity index (χ4v) is 2.58. The number of hydrogen-bond donors (Lipinski definition) is 3. The van der Waals surface area contributed by atoms with E-state index in [1.54, 1.807) is 31.2 Å². The van der Waals surface area contributed by atoms with Crippen LogP contribution in [0.25, 0.3) is 0 Å². The molecular weight excluding hydrogens is 368 g/mol. The fourth-order valence-electron chi connectivity index (χ4n) is 2.58. The molecule has 0 radical (unpaired) electrons. The molecule has 2 rings (SSSR count).